The minimum absolute atomic E-state index is 0.159. The maximum Gasteiger partial charge on any atom is 0.227 e. The van der Waals surface area contributed by atoms with Gasteiger partial charge in [0.25, 0.3) is 0 Å². The van der Waals surface area contributed by atoms with Gasteiger partial charge in [-0.1, -0.05) is 45.2 Å². The predicted octanol–water partition coefficient (Wildman–Crippen LogP) is 3.23. The van der Waals surface area contributed by atoms with Gasteiger partial charge in [-0.3, -0.25) is 14.7 Å². The molecule has 178 valence electrons. The number of nitrogens with zero attached hydrogens (tertiary/aromatic N) is 2. The normalized spacial score (nSPS) is 20.9. The largest absolute Gasteiger partial charge is 0.374 e. The third kappa shape index (κ3) is 8.10. The van der Waals surface area contributed by atoms with Gasteiger partial charge in [-0.25, -0.2) is 0 Å². The van der Waals surface area contributed by atoms with Gasteiger partial charge in [-0.2, -0.15) is 0 Å². The first-order valence-corrected chi connectivity index (χ1v) is 12.2. The maximum atomic E-state index is 12.5. The Morgan fingerprint density at radius 3 is 2.78 bits per heavy atom. The molecule has 2 fully saturated rings. The fourth-order valence-electron chi connectivity index (χ4n) is 4.57. The van der Waals surface area contributed by atoms with Crippen LogP contribution in [0.3, 0.4) is 0 Å². The maximum absolute atomic E-state index is 12.5. The average molecular weight is 444 g/mol. The van der Waals surface area contributed by atoms with Crippen molar-refractivity contribution in [1.29, 1.82) is 0 Å². The number of rotatable bonds is 8. The zero-order valence-corrected chi connectivity index (χ0v) is 20.0. The van der Waals surface area contributed by atoms with E-state index < -0.39 is 0 Å². The molecule has 1 aliphatic heterocycles. The van der Waals surface area contributed by atoms with E-state index in [-0.39, 0.29) is 17.9 Å². The molecule has 1 heterocycles. The van der Waals surface area contributed by atoms with Crippen LogP contribution in [0.1, 0.15) is 51.5 Å². The molecule has 7 heteroatoms. The first-order chi connectivity index (χ1) is 15.5. The molecular formula is C25H41N5O2. The molecule has 1 unspecified atom stereocenters. The molecule has 32 heavy (non-hydrogen) atoms. The van der Waals surface area contributed by atoms with Gasteiger partial charge < -0.3 is 20.7 Å². The van der Waals surface area contributed by atoms with Crippen molar-refractivity contribution in [3.8, 4) is 0 Å². The van der Waals surface area contributed by atoms with Crippen LogP contribution < -0.4 is 16.0 Å². The standard InChI is InChI=1S/C25H41N5O2/c1-19(2)17-30-12-13-32-23(18-30)16-28-25(26-3)27-15-20-8-7-11-22(14-20)29-24(31)21-9-5-4-6-10-21/h7-8,11,14,19,21,23H,4-6,9-10,12-13,15-18H2,1-3H3,(H,29,31)(H2,26,27,28). The number of morpholine rings is 1. The summed E-state index contributed by atoms with van der Waals surface area (Å²) in [6.07, 6.45) is 5.76. The molecule has 1 saturated heterocycles. The van der Waals surface area contributed by atoms with E-state index in [0.717, 1.165) is 75.7 Å². The van der Waals surface area contributed by atoms with E-state index >= 15 is 0 Å². The second-order valence-electron chi connectivity index (χ2n) is 9.48. The second-order valence-corrected chi connectivity index (χ2v) is 9.48. The molecule has 2 aliphatic rings. The van der Waals surface area contributed by atoms with Crippen LogP contribution in [0, 0.1) is 11.8 Å². The Balaban J connectivity index is 1.43. The summed E-state index contributed by atoms with van der Waals surface area (Å²) in [6.45, 7) is 9.73. The molecule has 1 aromatic rings. The van der Waals surface area contributed by atoms with E-state index in [4.69, 9.17) is 4.74 Å². The SMILES string of the molecule is CN=C(NCc1cccc(NC(=O)C2CCCCC2)c1)NCC1CN(CC(C)C)CCO1. The number of anilines is 1. The van der Waals surface area contributed by atoms with Crippen molar-refractivity contribution in [1.82, 2.24) is 15.5 Å². The summed E-state index contributed by atoms with van der Waals surface area (Å²) in [5, 5.41) is 9.87. The highest BCUT2D eigenvalue weighted by Crippen LogP contribution is 2.25. The van der Waals surface area contributed by atoms with Crippen LogP contribution >= 0.6 is 0 Å². The van der Waals surface area contributed by atoms with E-state index in [9.17, 15) is 4.79 Å². The minimum Gasteiger partial charge on any atom is -0.374 e. The summed E-state index contributed by atoms with van der Waals surface area (Å²) in [5.41, 5.74) is 1.97. The van der Waals surface area contributed by atoms with Crippen molar-refractivity contribution in [2.45, 2.75) is 58.6 Å². The minimum atomic E-state index is 0.159. The van der Waals surface area contributed by atoms with Crippen molar-refractivity contribution < 1.29 is 9.53 Å². The number of nitrogens with one attached hydrogen (secondary N) is 3. The highest BCUT2D eigenvalue weighted by Gasteiger charge is 2.22. The molecule has 1 aliphatic carbocycles. The molecule has 1 saturated carbocycles. The Hall–Kier alpha value is -2.12. The molecule has 0 spiro atoms. The zero-order chi connectivity index (χ0) is 22.8. The average Bonchev–Trinajstić information content (AvgIpc) is 2.80. The van der Waals surface area contributed by atoms with E-state index in [0.29, 0.717) is 12.5 Å². The summed E-state index contributed by atoms with van der Waals surface area (Å²) < 4.78 is 5.92. The van der Waals surface area contributed by atoms with Crippen molar-refractivity contribution >= 4 is 17.6 Å². The zero-order valence-electron chi connectivity index (χ0n) is 20.0. The topological polar surface area (TPSA) is 78.0 Å². The van der Waals surface area contributed by atoms with Crippen molar-refractivity contribution in [3.63, 3.8) is 0 Å². The summed E-state index contributed by atoms with van der Waals surface area (Å²) in [7, 11) is 1.78. The van der Waals surface area contributed by atoms with Gasteiger partial charge in [0.05, 0.1) is 12.7 Å². The van der Waals surface area contributed by atoms with E-state index in [1.807, 2.05) is 18.2 Å². The third-order valence-corrected chi connectivity index (χ3v) is 6.20. The molecule has 0 radical (unpaired) electrons. The van der Waals surface area contributed by atoms with Gasteiger partial charge in [-0.05, 0) is 36.5 Å². The van der Waals surface area contributed by atoms with E-state index in [1.54, 1.807) is 7.05 Å². The second kappa shape index (κ2) is 12.8. The van der Waals surface area contributed by atoms with Gasteiger partial charge in [0, 0.05) is 51.4 Å². The Labute approximate surface area is 193 Å². The Bertz CT molecular complexity index is 746. The number of hydrogen-bond donors (Lipinski definition) is 3. The molecule has 1 amide bonds. The number of benzene rings is 1. The van der Waals surface area contributed by atoms with Crippen LogP contribution in [-0.4, -0.2) is 62.7 Å². The highest BCUT2D eigenvalue weighted by molar-refractivity contribution is 5.92. The van der Waals surface area contributed by atoms with Gasteiger partial charge in [0.15, 0.2) is 5.96 Å². The van der Waals surface area contributed by atoms with Crippen LogP contribution in [0.15, 0.2) is 29.3 Å². The number of carbonyl (C=O) groups excluding carboxylic acids is 1. The lowest BCUT2D eigenvalue weighted by molar-refractivity contribution is -0.120. The molecule has 0 aromatic heterocycles. The summed E-state index contributed by atoms with van der Waals surface area (Å²) in [4.78, 5) is 19.4. The smallest absolute Gasteiger partial charge is 0.227 e. The van der Waals surface area contributed by atoms with Gasteiger partial charge in [0.1, 0.15) is 0 Å². The number of carbonyl (C=O) groups is 1. The highest BCUT2D eigenvalue weighted by atomic mass is 16.5. The van der Waals surface area contributed by atoms with Crippen molar-refractivity contribution in [2.75, 3.05) is 45.2 Å². The fraction of sp³-hybridized carbons (Fsp3) is 0.680. The fourth-order valence-corrected chi connectivity index (χ4v) is 4.57. The summed E-state index contributed by atoms with van der Waals surface area (Å²) >= 11 is 0. The Morgan fingerprint density at radius 1 is 1.22 bits per heavy atom. The Kier molecular flexibility index (Phi) is 9.81. The molecule has 1 atom stereocenters. The molecule has 3 rings (SSSR count). The van der Waals surface area contributed by atoms with Crippen LogP contribution in [0.25, 0.3) is 0 Å². The van der Waals surface area contributed by atoms with Crippen LogP contribution in [0.5, 0.6) is 0 Å². The monoisotopic (exact) mass is 443 g/mol. The Morgan fingerprint density at radius 2 is 2.03 bits per heavy atom. The lowest BCUT2D eigenvalue weighted by Gasteiger charge is -2.34. The van der Waals surface area contributed by atoms with Crippen LogP contribution in [0.4, 0.5) is 5.69 Å². The van der Waals surface area contributed by atoms with Crippen molar-refractivity contribution in [3.05, 3.63) is 29.8 Å². The molecule has 7 nitrogen and oxygen atoms in total. The molecule has 0 bridgehead atoms. The van der Waals surface area contributed by atoms with Gasteiger partial charge in [-0.15, -0.1) is 0 Å². The number of hydrogen-bond acceptors (Lipinski definition) is 4. The first-order valence-electron chi connectivity index (χ1n) is 12.2. The first kappa shape index (κ1) is 24.5. The van der Waals surface area contributed by atoms with Crippen LogP contribution in [0.2, 0.25) is 0 Å². The third-order valence-electron chi connectivity index (χ3n) is 6.20. The number of guanidine groups is 1. The number of amides is 1. The molecular weight excluding hydrogens is 402 g/mol. The van der Waals surface area contributed by atoms with Gasteiger partial charge in [0.2, 0.25) is 5.91 Å². The summed E-state index contributed by atoms with van der Waals surface area (Å²) in [5.74, 6) is 1.74. The number of ether oxygens (including phenoxy) is 1. The quantitative estimate of drug-likeness (QED) is 0.425. The lowest BCUT2D eigenvalue weighted by atomic mass is 9.88. The predicted molar refractivity (Wildman–Crippen MR) is 131 cm³/mol. The lowest BCUT2D eigenvalue weighted by Crippen LogP contribution is -2.50. The molecule has 1 aromatic carbocycles. The van der Waals surface area contributed by atoms with Crippen LogP contribution in [-0.2, 0) is 16.1 Å². The molecule has 3 N–H and O–H groups in total. The van der Waals surface area contributed by atoms with Crippen molar-refractivity contribution in [2.24, 2.45) is 16.8 Å². The number of aliphatic imine (C=N–C) groups is 1. The van der Waals surface area contributed by atoms with Gasteiger partial charge >= 0.3 is 0 Å². The summed E-state index contributed by atoms with van der Waals surface area (Å²) in [6, 6.07) is 8.04. The van der Waals surface area contributed by atoms with E-state index in [2.05, 4.69) is 45.8 Å². The van der Waals surface area contributed by atoms with E-state index in [1.165, 1.54) is 6.42 Å².